The van der Waals surface area contributed by atoms with Gasteiger partial charge >= 0.3 is 5.97 Å². The summed E-state index contributed by atoms with van der Waals surface area (Å²) in [6.07, 6.45) is 3.98. The van der Waals surface area contributed by atoms with Crippen LogP contribution in [0.4, 0.5) is 0 Å². The van der Waals surface area contributed by atoms with Crippen LogP contribution in [0.2, 0.25) is 0 Å². The van der Waals surface area contributed by atoms with Crippen molar-refractivity contribution in [3.05, 3.63) is 65.9 Å². The van der Waals surface area contributed by atoms with Crippen molar-refractivity contribution < 1.29 is 19.4 Å². The van der Waals surface area contributed by atoms with Gasteiger partial charge in [-0.15, -0.1) is 0 Å². The first-order valence-corrected chi connectivity index (χ1v) is 12.3. The first-order valence-electron chi connectivity index (χ1n) is 12.3. The summed E-state index contributed by atoms with van der Waals surface area (Å²) >= 11 is 0. The van der Waals surface area contributed by atoms with Crippen molar-refractivity contribution in [3.63, 3.8) is 0 Å². The van der Waals surface area contributed by atoms with Crippen LogP contribution in [0.25, 0.3) is 10.9 Å². The second-order valence-corrected chi connectivity index (χ2v) is 9.37. The highest BCUT2D eigenvalue weighted by atomic mass is 16.5. The third kappa shape index (κ3) is 5.33. The van der Waals surface area contributed by atoms with Crippen LogP contribution in [0.15, 0.2) is 54.7 Å². The van der Waals surface area contributed by atoms with Gasteiger partial charge in [0, 0.05) is 68.0 Å². The number of nitrogens with zero attached hydrogens (tertiary/aromatic N) is 3. The number of likely N-dealkylation sites (tertiary alicyclic amines) is 1. The number of carbonyl (C=O) groups excluding carboxylic acids is 1. The Kier molecular flexibility index (Phi) is 7.01. The molecule has 5 rings (SSSR count). The molecule has 35 heavy (non-hydrogen) atoms. The average Bonchev–Trinajstić information content (AvgIpc) is 3.55. The summed E-state index contributed by atoms with van der Waals surface area (Å²) in [5.41, 5.74) is 2.70. The second kappa shape index (κ2) is 10.5. The number of nitrogens with one attached hydrogen (secondary N) is 1. The molecule has 2 N–H and O–H groups in total. The number of hydrogen-bond acceptors (Lipinski definition) is 5. The van der Waals surface area contributed by atoms with Crippen LogP contribution in [0, 0.1) is 0 Å². The lowest BCUT2D eigenvalue weighted by atomic mass is 10.0. The average molecular weight is 477 g/mol. The molecule has 184 valence electrons. The number of amides is 1. The summed E-state index contributed by atoms with van der Waals surface area (Å²) in [6.45, 7) is 5.20. The molecule has 2 aromatic carbocycles. The van der Waals surface area contributed by atoms with Gasteiger partial charge in [0.25, 0.3) is 0 Å². The van der Waals surface area contributed by atoms with E-state index in [0.717, 1.165) is 53.7 Å². The largest absolute Gasteiger partial charge is 0.489 e. The molecule has 8 nitrogen and oxygen atoms in total. The van der Waals surface area contributed by atoms with Gasteiger partial charge in [0.1, 0.15) is 18.4 Å². The number of carboxylic acids is 1. The lowest BCUT2D eigenvalue weighted by Crippen LogP contribution is -2.51. The molecule has 0 saturated carbocycles. The molecule has 2 fully saturated rings. The molecule has 0 radical (unpaired) electrons. The third-order valence-electron chi connectivity index (χ3n) is 7.05. The Morgan fingerprint density at radius 1 is 0.971 bits per heavy atom. The van der Waals surface area contributed by atoms with Crippen molar-refractivity contribution in [1.29, 1.82) is 0 Å². The molecule has 0 bridgehead atoms. The van der Waals surface area contributed by atoms with Crippen molar-refractivity contribution >= 4 is 22.8 Å². The van der Waals surface area contributed by atoms with Gasteiger partial charge in [-0.2, -0.15) is 0 Å². The maximum atomic E-state index is 12.5. The smallest absolute Gasteiger partial charge is 0.325 e. The summed E-state index contributed by atoms with van der Waals surface area (Å²) in [5, 5.41) is 11.0. The van der Waals surface area contributed by atoms with Crippen LogP contribution in [0.1, 0.15) is 30.0 Å². The minimum Gasteiger partial charge on any atom is -0.489 e. The van der Waals surface area contributed by atoms with E-state index in [1.807, 2.05) is 58.3 Å². The SMILES string of the molecule is O=C(O)[C@H](c1c[nH]c2cc(OCc3ccccc3)ccc12)N1CCN(CC(=O)N2CCCC2)CC1. The molecule has 1 aromatic heterocycles. The lowest BCUT2D eigenvalue weighted by Gasteiger charge is -2.37. The third-order valence-corrected chi connectivity index (χ3v) is 7.05. The van der Waals surface area contributed by atoms with Gasteiger partial charge in [-0.25, -0.2) is 0 Å². The molecule has 0 spiro atoms. The standard InChI is InChI=1S/C27H32N4O4/c32-25(30-10-4-5-11-30)18-29-12-14-31(15-13-29)26(27(33)34)23-17-28-24-16-21(8-9-22(23)24)35-19-20-6-2-1-3-7-20/h1-3,6-9,16-17,26,28H,4-5,10-15,18-19H2,(H,33,34)/t26-/m0/s1. The lowest BCUT2D eigenvalue weighted by molar-refractivity contribution is -0.145. The van der Waals surface area contributed by atoms with Gasteiger partial charge < -0.3 is 19.7 Å². The molecule has 2 aliphatic heterocycles. The second-order valence-electron chi connectivity index (χ2n) is 9.37. The zero-order chi connectivity index (χ0) is 24.2. The number of carboxylic acid groups (broad SMARTS) is 1. The molecule has 3 aromatic rings. The van der Waals surface area contributed by atoms with Crippen molar-refractivity contribution in [2.45, 2.75) is 25.5 Å². The van der Waals surface area contributed by atoms with E-state index >= 15 is 0 Å². The fourth-order valence-corrected chi connectivity index (χ4v) is 5.11. The van der Waals surface area contributed by atoms with Gasteiger partial charge in [-0.3, -0.25) is 19.4 Å². The van der Waals surface area contributed by atoms with Gasteiger partial charge in [0.15, 0.2) is 0 Å². The molecule has 0 unspecified atom stereocenters. The molecular weight excluding hydrogens is 444 g/mol. The van der Waals surface area contributed by atoms with E-state index in [1.165, 1.54) is 0 Å². The number of H-pyrrole nitrogens is 1. The first kappa shape index (κ1) is 23.4. The number of rotatable bonds is 8. The maximum absolute atomic E-state index is 12.5. The molecule has 1 amide bonds. The van der Waals surface area contributed by atoms with Crippen LogP contribution in [-0.2, 0) is 16.2 Å². The Morgan fingerprint density at radius 2 is 1.71 bits per heavy atom. The summed E-state index contributed by atoms with van der Waals surface area (Å²) in [4.78, 5) is 34.2. The summed E-state index contributed by atoms with van der Waals surface area (Å²) < 4.78 is 5.93. The maximum Gasteiger partial charge on any atom is 0.325 e. The fraction of sp³-hybridized carbons (Fsp3) is 0.407. The van der Waals surface area contributed by atoms with Crippen LogP contribution in [0.5, 0.6) is 5.75 Å². The van der Waals surface area contributed by atoms with Crippen molar-refractivity contribution in [1.82, 2.24) is 19.7 Å². The Balaban J connectivity index is 1.24. The Bertz CT molecular complexity index is 1160. The number of fused-ring (bicyclic) bond motifs is 1. The van der Waals surface area contributed by atoms with Gasteiger partial charge in [-0.05, 0) is 30.5 Å². The van der Waals surface area contributed by atoms with Gasteiger partial charge in [-0.1, -0.05) is 30.3 Å². The highest BCUT2D eigenvalue weighted by Crippen LogP contribution is 2.31. The summed E-state index contributed by atoms with van der Waals surface area (Å²) in [5.74, 6) is 0.0578. The van der Waals surface area contributed by atoms with Crippen molar-refractivity contribution in [2.24, 2.45) is 0 Å². The number of aliphatic carboxylic acids is 1. The Morgan fingerprint density at radius 3 is 2.43 bits per heavy atom. The zero-order valence-electron chi connectivity index (χ0n) is 19.9. The fourth-order valence-electron chi connectivity index (χ4n) is 5.11. The van der Waals surface area contributed by atoms with Gasteiger partial charge in [0.05, 0.1) is 6.54 Å². The Hall–Kier alpha value is -3.36. The number of hydrogen-bond donors (Lipinski definition) is 2. The van der Waals surface area contributed by atoms with Crippen LogP contribution in [-0.4, -0.2) is 82.5 Å². The normalized spacial score (nSPS) is 18.1. The van der Waals surface area contributed by atoms with Crippen LogP contribution in [0.3, 0.4) is 0 Å². The van der Waals surface area contributed by atoms with E-state index in [0.29, 0.717) is 39.3 Å². The Labute approximate surface area is 205 Å². The summed E-state index contributed by atoms with van der Waals surface area (Å²) in [6, 6.07) is 15.0. The van der Waals surface area contributed by atoms with Gasteiger partial charge in [0.2, 0.25) is 5.91 Å². The molecule has 2 aliphatic rings. The van der Waals surface area contributed by atoms with E-state index in [1.54, 1.807) is 6.20 Å². The molecule has 8 heteroatoms. The molecule has 0 aliphatic carbocycles. The van der Waals surface area contributed by atoms with Crippen LogP contribution >= 0.6 is 0 Å². The quantitative estimate of drug-likeness (QED) is 0.519. The monoisotopic (exact) mass is 476 g/mol. The number of benzene rings is 2. The first-order chi connectivity index (χ1) is 17.1. The molecule has 1 atom stereocenters. The van der Waals surface area contributed by atoms with E-state index < -0.39 is 12.0 Å². The van der Waals surface area contributed by atoms with E-state index in [4.69, 9.17) is 4.74 Å². The topological polar surface area (TPSA) is 89.1 Å². The van der Waals surface area contributed by atoms with Crippen molar-refractivity contribution in [2.75, 3.05) is 45.8 Å². The van der Waals surface area contributed by atoms with Crippen LogP contribution < -0.4 is 4.74 Å². The van der Waals surface area contributed by atoms with E-state index in [-0.39, 0.29) is 5.91 Å². The highest BCUT2D eigenvalue weighted by molar-refractivity contribution is 5.90. The molecular formula is C27H32N4O4. The minimum atomic E-state index is -0.864. The number of carbonyl (C=O) groups is 2. The predicted molar refractivity (Wildman–Crippen MR) is 133 cm³/mol. The van der Waals surface area contributed by atoms with E-state index in [9.17, 15) is 14.7 Å². The zero-order valence-corrected chi connectivity index (χ0v) is 19.9. The number of ether oxygens (including phenoxy) is 1. The number of piperazine rings is 1. The van der Waals surface area contributed by atoms with Crippen molar-refractivity contribution in [3.8, 4) is 5.75 Å². The molecule has 2 saturated heterocycles. The number of aromatic amines is 1. The molecule has 3 heterocycles. The predicted octanol–water partition coefficient (Wildman–Crippen LogP) is 3.11. The number of aromatic nitrogens is 1. The highest BCUT2D eigenvalue weighted by Gasteiger charge is 2.33. The van der Waals surface area contributed by atoms with E-state index in [2.05, 4.69) is 9.88 Å². The minimum absolute atomic E-state index is 0.188. The summed E-state index contributed by atoms with van der Waals surface area (Å²) in [7, 11) is 0.